The maximum absolute atomic E-state index is 11.8. The van der Waals surface area contributed by atoms with E-state index in [1.54, 1.807) is 36.4 Å². The van der Waals surface area contributed by atoms with Gasteiger partial charge in [0.15, 0.2) is 0 Å². The number of carbonyl (C=O) groups excluding carboxylic acids is 1. The third-order valence-corrected chi connectivity index (χ3v) is 2.77. The summed E-state index contributed by atoms with van der Waals surface area (Å²) in [4.78, 5) is 21.9. The van der Waals surface area contributed by atoms with E-state index in [0.717, 1.165) is 5.56 Å². The second kappa shape index (κ2) is 5.83. The van der Waals surface area contributed by atoms with Gasteiger partial charge in [-0.05, 0) is 29.8 Å². The summed E-state index contributed by atoms with van der Waals surface area (Å²) in [6.45, 7) is 0.307. The van der Waals surface area contributed by atoms with Crippen LogP contribution in [0.3, 0.4) is 0 Å². The zero-order chi connectivity index (χ0) is 14.5. The molecule has 0 aliphatic heterocycles. The Hall–Kier alpha value is -2.89. The number of carbonyl (C=O) groups is 1. The number of nitrogens with one attached hydrogen (secondary N) is 1. The average molecular weight is 271 g/mol. The Balaban J connectivity index is 1.96. The van der Waals surface area contributed by atoms with Crippen LogP contribution in [0.4, 0.5) is 11.4 Å². The van der Waals surface area contributed by atoms with Gasteiger partial charge in [-0.15, -0.1) is 0 Å². The van der Waals surface area contributed by atoms with Crippen molar-refractivity contribution >= 4 is 17.3 Å². The molecule has 1 amide bonds. The van der Waals surface area contributed by atoms with Crippen molar-refractivity contribution in [3.8, 4) is 0 Å². The van der Waals surface area contributed by atoms with Gasteiger partial charge in [-0.1, -0.05) is 12.1 Å². The van der Waals surface area contributed by atoms with Crippen molar-refractivity contribution in [3.63, 3.8) is 0 Å². The fourth-order valence-corrected chi connectivity index (χ4v) is 1.65. The molecule has 2 aromatic carbocycles. The number of nitrogen functional groups attached to an aromatic ring is 1. The first-order valence-electron chi connectivity index (χ1n) is 5.93. The highest BCUT2D eigenvalue weighted by molar-refractivity contribution is 5.94. The largest absolute Gasteiger partial charge is 0.399 e. The maximum atomic E-state index is 11.8. The third-order valence-electron chi connectivity index (χ3n) is 2.77. The van der Waals surface area contributed by atoms with E-state index in [1.807, 2.05) is 0 Å². The van der Waals surface area contributed by atoms with E-state index in [9.17, 15) is 14.9 Å². The van der Waals surface area contributed by atoms with E-state index >= 15 is 0 Å². The predicted octanol–water partition coefficient (Wildman–Crippen LogP) is 2.11. The molecule has 3 N–H and O–H groups in total. The number of nitro groups is 1. The number of hydrogen-bond donors (Lipinski definition) is 2. The number of nitrogens with two attached hydrogens (primary N) is 1. The molecule has 0 atom stereocenters. The molecule has 2 aromatic rings. The third kappa shape index (κ3) is 3.32. The number of amides is 1. The number of nitro benzene ring substituents is 1. The maximum Gasteiger partial charge on any atom is 0.269 e. The fourth-order valence-electron chi connectivity index (χ4n) is 1.65. The lowest BCUT2D eigenvalue weighted by molar-refractivity contribution is -0.384. The summed E-state index contributed by atoms with van der Waals surface area (Å²) in [7, 11) is 0. The van der Waals surface area contributed by atoms with Gasteiger partial charge < -0.3 is 11.1 Å². The lowest BCUT2D eigenvalue weighted by Crippen LogP contribution is -2.22. The minimum absolute atomic E-state index is 0.0265. The van der Waals surface area contributed by atoms with Crippen LogP contribution in [-0.4, -0.2) is 10.8 Å². The second-order valence-corrected chi connectivity index (χ2v) is 4.23. The zero-order valence-corrected chi connectivity index (χ0v) is 10.6. The number of hydrogen-bond acceptors (Lipinski definition) is 4. The van der Waals surface area contributed by atoms with E-state index < -0.39 is 4.92 Å². The molecule has 0 aliphatic rings. The number of rotatable bonds is 4. The lowest BCUT2D eigenvalue weighted by Gasteiger charge is -2.05. The van der Waals surface area contributed by atoms with Crippen molar-refractivity contribution < 1.29 is 9.72 Å². The Bertz CT molecular complexity index is 621. The molecular weight excluding hydrogens is 258 g/mol. The molecule has 0 bridgehead atoms. The van der Waals surface area contributed by atoms with E-state index in [-0.39, 0.29) is 11.6 Å². The summed E-state index contributed by atoms with van der Waals surface area (Å²) < 4.78 is 0. The second-order valence-electron chi connectivity index (χ2n) is 4.23. The molecule has 0 saturated heterocycles. The van der Waals surface area contributed by atoms with Crippen LogP contribution in [0.15, 0.2) is 48.5 Å². The van der Waals surface area contributed by atoms with E-state index in [0.29, 0.717) is 17.8 Å². The SMILES string of the molecule is Nc1ccc(C(=O)NCc2ccc([N+](=O)[O-])cc2)cc1. The Morgan fingerprint density at radius 2 is 1.70 bits per heavy atom. The topological polar surface area (TPSA) is 98.3 Å². The molecule has 102 valence electrons. The van der Waals surface area contributed by atoms with Gasteiger partial charge in [-0.3, -0.25) is 14.9 Å². The van der Waals surface area contributed by atoms with Crippen LogP contribution in [0.1, 0.15) is 15.9 Å². The fraction of sp³-hybridized carbons (Fsp3) is 0.0714. The average Bonchev–Trinajstić information content (AvgIpc) is 2.46. The standard InChI is InChI=1S/C14H13N3O3/c15-12-5-3-11(4-6-12)14(18)16-9-10-1-7-13(8-2-10)17(19)20/h1-8H,9,15H2,(H,16,18). The molecule has 2 rings (SSSR count). The van der Waals surface area contributed by atoms with E-state index in [2.05, 4.69) is 5.32 Å². The summed E-state index contributed by atoms with van der Waals surface area (Å²) in [5.41, 5.74) is 7.47. The van der Waals surface area contributed by atoms with Crippen LogP contribution in [0.25, 0.3) is 0 Å². The molecule has 6 heteroatoms. The molecule has 0 heterocycles. The smallest absolute Gasteiger partial charge is 0.269 e. The van der Waals surface area contributed by atoms with Crippen LogP contribution in [0, 0.1) is 10.1 Å². The first kappa shape index (κ1) is 13.5. The van der Waals surface area contributed by atoms with Gasteiger partial charge >= 0.3 is 0 Å². The number of nitrogens with zero attached hydrogens (tertiary/aromatic N) is 1. The Morgan fingerprint density at radius 1 is 1.10 bits per heavy atom. The molecule has 0 saturated carbocycles. The summed E-state index contributed by atoms with van der Waals surface area (Å²) in [5, 5.41) is 13.3. The number of benzene rings is 2. The Kier molecular flexibility index (Phi) is 3.95. The number of anilines is 1. The molecule has 0 aromatic heterocycles. The molecule has 0 unspecified atom stereocenters. The highest BCUT2D eigenvalue weighted by Crippen LogP contribution is 2.12. The van der Waals surface area contributed by atoms with Crippen molar-refractivity contribution in [2.45, 2.75) is 6.54 Å². The monoisotopic (exact) mass is 271 g/mol. The molecule has 0 radical (unpaired) electrons. The Labute approximate surface area is 115 Å². The number of non-ortho nitro benzene ring substituents is 1. The molecule has 0 aliphatic carbocycles. The van der Waals surface area contributed by atoms with Gasteiger partial charge in [0, 0.05) is 29.9 Å². The molecule has 6 nitrogen and oxygen atoms in total. The van der Waals surface area contributed by atoms with Crippen molar-refractivity contribution in [2.75, 3.05) is 5.73 Å². The summed E-state index contributed by atoms with van der Waals surface area (Å²) in [6.07, 6.45) is 0. The van der Waals surface area contributed by atoms with Crippen LogP contribution in [-0.2, 0) is 6.54 Å². The van der Waals surface area contributed by atoms with E-state index in [1.165, 1.54) is 12.1 Å². The van der Waals surface area contributed by atoms with Crippen molar-refractivity contribution in [1.29, 1.82) is 0 Å². The molecule has 20 heavy (non-hydrogen) atoms. The van der Waals surface area contributed by atoms with Crippen LogP contribution < -0.4 is 11.1 Å². The lowest BCUT2D eigenvalue weighted by atomic mass is 10.1. The predicted molar refractivity (Wildman–Crippen MR) is 75.1 cm³/mol. The van der Waals surface area contributed by atoms with Gasteiger partial charge in [0.2, 0.25) is 0 Å². The summed E-state index contributed by atoms with van der Waals surface area (Å²) in [6, 6.07) is 12.6. The zero-order valence-electron chi connectivity index (χ0n) is 10.6. The van der Waals surface area contributed by atoms with Gasteiger partial charge in [-0.2, -0.15) is 0 Å². The van der Waals surface area contributed by atoms with Gasteiger partial charge in [0.05, 0.1) is 4.92 Å². The minimum Gasteiger partial charge on any atom is -0.399 e. The highest BCUT2D eigenvalue weighted by Gasteiger charge is 2.06. The van der Waals surface area contributed by atoms with Crippen molar-refractivity contribution in [1.82, 2.24) is 5.32 Å². The highest BCUT2D eigenvalue weighted by atomic mass is 16.6. The summed E-state index contributed by atoms with van der Waals surface area (Å²) in [5.74, 6) is -0.219. The van der Waals surface area contributed by atoms with Crippen LogP contribution in [0.2, 0.25) is 0 Å². The molecular formula is C14H13N3O3. The quantitative estimate of drug-likeness (QED) is 0.505. The first-order valence-corrected chi connectivity index (χ1v) is 5.93. The van der Waals surface area contributed by atoms with Gasteiger partial charge in [-0.25, -0.2) is 0 Å². The normalized spacial score (nSPS) is 10.0. The van der Waals surface area contributed by atoms with E-state index in [4.69, 9.17) is 5.73 Å². The van der Waals surface area contributed by atoms with Crippen LogP contribution >= 0.6 is 0 Å². The first-order chi connectivity index (χ1) is 9.56. The van der Waals surface area contributed by atoms with Crippen molar-refractivity contribution in [3.05, 3.63) is 69.8 Å². The Morgan fingerprint density at radius 3 is 2.25 bits per heavy atom. The van der Waals surface area contributed by atoms with Crippen LogP contribution in [0.5, 0.6) is 0 Å². The van der Waals surface area contributed by atoms with Crippen molar-refractivity contribution in [2.24, 2.45) is 0 Å². The van der Waals surface area contributed by atoms with Gasteiger partial charge in [0.1, 0.15) is 0 Å². The molecule has 0 spiro atoms. The minimum atomic E-state index is -0.462. The molecule has 0 fully saturated rings. The van der Waals surface area contributed by atoms with Gasteiger partial charge in [0.25, 0.3) is 11.6 Å². The summed E-state index contributed by atoms with van der Waals surface area (Å²) >= 11 is 0.